The van der Waals surface area contributed by atoms with Gasteiger partial charge < -0.3 is 4.90 Å². The monoisotopic (exact) mass is 461 g/mol. The minimum absolute atomic E-state index is 0.123. The number of halogens is 2. The van der Waals surface area contributed by atoms with E-state index in [2.05, 4.69) is 0 Å². The largest absolute Gasteiger partial charge is 0.328 e. The topological polar surface area (TPSA) is 55.2 Å². The van der Waals surface area contributed by atoms with E-state index >= 15 is 0 Å². The molecule has 34 heavy (non-hydrogen) atoms. The Bertz CT molecular complexity index is 1380. The van der Waals surface area contributed by atoms with Crippen LogP contribution in [-0.4, -0.2) is 26.9 Å². The van der Waals surface area contributed by atoms with E-state index in [4.69, 9.17) is 4.98 Å². The van der Waals surface area contributed by atoms with Gasteiger partial charge in [-0.05, 0) is 73.5 Å². The standard InChI is InChI=1S/C27H25F2N3O2/c1-17(2)16-31(26(33)19-8-10-20(28)11-9-19)18(3)25-30-24-7-5-4-6-23(24)27(34)32(25)22-14-12-21(29)13-15-22/h4-15,17-18H,16H2,1-3H3. The lowest BCUT2D eigenvalue weighted by atomic mass is 10.1. The zero-order valence-corrected chi connectivity index (χ0v) is 19.2. The van der Waals surface area contributed by atoms with Crippen LogP contribution in [0.4, 0.5) is 8.78 Å². The molecule has 0 saturated heterocycles. The number of rotatable bonds is 6. The average Bonchev–Trinajstić information content (AvgIpc) is 2.83. The molecule has 0 aliphatic heterocycles. The molecule has 0 N–H and O–H groups in total. The van der Waals surface area contributed by atoms with Crippen LogP contribution in [0.25, 0.3) is 16.6 Å². The van der Waals surface area contributed by atoms with Crippen LogP contribution in [0.5, 0.6) is 0 Å². The van der Waals surface area contributed by atoms with Crippen LogP contribution < -0.4 is 5.56 Å². The van der Waals surface area contributed by atoms with Crippen molar-refractivity contribution in [1.29, 1.82) is 0 Å². The molecule has 5 nitrogen and oxygen atoms in total. The summed E-state index contributed by atoms with van der Waals surface area (Å²) in [6, 6.07) is 17.3. The first kappa shape index (κ1) is 23.3. The minimum Gasteiger partial charge on any atom is -0.328 e. The molecule has 4 aromatic rings. The molecular formula is C27H25F2N3O2. The molecule has 3 aromatic carbocycles. The fraction of sp³-hybridized carbons (Fsp3) is 0.222. The summed E-state index contributed by atoms with van der Waals surface area (Å²) in [6.07, 6.45) is 0. The first-order valence-corrected chi connectivity index (χ1v) is 11.1. The molecule has 0 saturated carbocycles. The van der Waals surface area contributed by atoms with Crippen molar-refractivity contribution in [2.24, 2.45) is 5.92 Å². The Morgan fingerprint density at radius 3 is 2.12 bits per heavy atom. The highest BCUT2D eigenvalue weighted by atomic mass is 19.1. The van der Waals surface area contributed by atoms with Crippen LogP contribution in [0.3, 0.4) is 0 Å². The number of para-hydroxylation sites is 1. The van der Waals surface area contributed by atoms with Gasteiger partial charge in [0.1, 0.15) is 17.5 Å². The Hall–Kier alpha value is -3.87. The maximum atomic E-state index is 13.6. The molecule has 1 atom stereocenters. The predicted octanol–water partition coefficient (Wildman–Crippen LogP) is 5.52. The summed E-state index contributed by atoms with van der Waals surface area (Å²) in [5.74, 6) is -0.673. The second-order valence-corrected chi connectivity index (χ2v) is 8.64. The van der Waals surface area contributed by atoms with Crippen LogP contribution in [0.2, 0.25) is 0 Å². The van der Waals surface area contributed by atoms with Crippen LogP contribution in [-0.2, 0) is 0 Å². The van der Waals surface area contributed by atoms with Gasteiger partial charge in [-0.15, -0.1) is 0 Å². The molecule has 1 unspecified atom stereocenters. The quantitative estimate of drug-likeness (QED) is 0.380. The smallest absolute Gasteiger partial charge is 0.266 e. The van der Waals surface area contributed by atoms with Gasteiger partial charge in [0.25, 0.3) is 11.5 Å². The summed E-state index contributed by atoms with van der Waals surface area (Å²) in [6.45, 7) is 6.17. The maximum Gasteiger partial charge on any atom is 0.266 e. The van der Waals surface area contributed by atoms with E-state index in [9.17, 15) is 18.4 Å². The number of hydrogen-bond acceptors (Lipinski definition) is 3. The highest BCUT2D eigenvalue weighted by Crippen LogP contribution is 2.25. The lowest BCUT2D eigenvalue weighted by molar-refractivity contribution is 0.0655. The summed E-state index contributed by atoms with van der Waals surface area (Å²) >= 11 is 0. The molecule has 0 fully saturated rings. The van der Waals surface area contributed by atoms with Crippen molar-refractivity contribution in [1.82, 2.24) is 14.5 Å². The zero-order valence-electron chi connectivity index (χ0n) is 19.2. The molecule has 0 aliphatic carbocycles. The van der Waals surface area contributed by atoms with Crippen molar-refractivity contribution in [3.05, 3.63) is 106 Å². The van der Waals surface area contributed by atoms with Crippen molar-refractivity contribution in [3.8, 4) is 5.69 Å². The molecule has 1 aromatic heterocycles. The Kier molecular flexibility index (Phi) is 6.54. The molecular weight excluding hydrogens is 436 g/mol. The normalized spacial score (nSPS) is 12.2. The third-order valence-corrected chi connectivity index (χ3v) is 5.64. The molecule has 0 aliphatic rings. The van der Waals surface area contributed by atoms with Crippen molar-refractivity contribution in [2.45, 2.75) is 26.8 Å². The van der Waals surface area contributed by atoms with E-state index in [0.29, 0.717) is 34.5 Å². The number of nitrogens with zero attached hydrogens (tertiary/aromatic N) is 3. The maximum absolute atomic E-state index is 13.6. The van der Waals surface area contributed by atoms with E-state index in [0.717, 1.165) is 0 Å². The molecule has 1 heterocycles. The van der Waals surface area contributed by atoms with E-state index < -0.39 is 17.7 Å². The summed E-state index contributed by atoms with van der Waals surface area (Å²) in [5.41, 5.74) is 0.986. The van der Waals surface area contributed by atoms with Gasteiger partial charge >= 0.3 is 0 Å². The minimum atomic E-state index is -0.609. The van der Waals surface area contributed by atoms with Gasteiger partial charge in [0.15, 0.2) is 0 Å². The van der Waals surface area contributed by atoms with E-state index in [1.165, 1.54) is 53.1 Å². The third kappa shape index (κ3) is 4.59. The van der Waals surface area contributed by atoms with Gasteiger partial charge in [-0.2, -0.15) is 0 Å². The van der Waals surface area contributed by atoms with Crippen LogP contribution in [0, 0.1) is 17.6 Å². The van der Waals surface area contributed by atoms with E-state index in [1.54, 1.807) is 36.1 Å². The van der Waals surface area contributed by atoms with Crippen molar-refractivity contribution in [3.63, 3.8) is 0 Å². The summed E-state index contributed by atoms with van der Waals surface area (Å²) in [5, 5.41) is 0.419. The molecule has 1 amide bonds. The van der Waals surface area contributed by atoms with Gasteiger partial charge in [0, 0.05) is 12.1 Å². The zero-order chi connectivity index (χ0) is 24.4. The Morgan fingerprint density at radius 2 is 1.50 bits per heavy atom. The van der Waals surface area contributed by atoms with Gasteiger partial charge in [-0.3, -0.25) is 14.2 Å². The van der Waals surface area contributed by atoms with Crippen molar-refractivity contribution < 1.29 is 13.6 Å². The summed E-state index contributed by atoms with van der Waals surface area (Å²) in [4.78, 5) is 33.4. The first-order valence-electron chi connectivity index (χ1n) is 11.1. The fourth-order valence-electron chi connectivity index (χ4n) is 3.98. The number of fused-ring (bicyclic) bond motifs is 1. The second-order valence-electron chi connectivity index (χ2n) is 8.64. The number of aromatic nitrogens is 2. The number of carbonyl (C=O) groups is 1. The lowest BCUT2D eigenvalue weighted by Gasteiger charge is -2.32. The molecule has 7 heteroatoms. The number of amides is 1. The number of benzene rings is 3. The fourth-order valence-corrected chi connectivity index (χ4v) is 3.98. The van der Waals surface area contributed by atoms with Crippen LogP contribution >= 0.6 is 0 Å². The second kappa shape index (κ2) is 9.55. The Morgan fingerprint density at radius 1 is 0.912 bits per heavy atom. The summed E-state index contributed by atoms with van der Waals surface area (Å²) in [7, 11) is 0. The molecule has 0 spiro atoms. The molecule has 0 bridgehead atoms. The Balaban J connectivity index is 1.90. The average molecular weight is 462 g/mol. The predicted molar refractivity (Wildman–Crippen MR) is 128 cm³/mol. The van der Waals surface area contributed by atoms with E-state index in [-0.39, 0.29) is 17.4 Å². The van der Waals surface area contributed by atoms with Gasteiger partial charge in [-0.25, -0.2) is 13.8 Å². The lowest BCUT2D eigenvalue weighted by Crippen LogP contribution is -2.39. The number of hydrogen-bond donors (Lipinski definition) is 0. The van der Waals surface area contributed by atoms with Gasteiger partial charge in [0.2, 0.25) is 0 Å². The van der Waals surface area contributed by atoms with Crippen molar-refractivity contribution in [2.75, 3.05) is 6.54 Å². The highest BCUT2D eigenvalue weighted by Gasteiger charge is 2.28. The van der Waals surface area contributed by atoms with E-state index in [1.807, 2.05) is 13.8 Å². The van der Waals surface area contributed by atoms with Gasteiger partial charge in [-0.1, -0.05) is 26.0 Å². The first-order chi connectivity index (χ1) is 16.3. The Labute approximate surface area is 196 Å². The number of carbonyl (C=O) groups excluding carboxylic acids is 1. The third-order valence-electron chi connectivity index (χ3n) is 5.64. The van der Waals surface area contributed by atoms with Crippen molar-refractivity contribution >= 4 is 16.8 Å². The van der Waals surface area contributed by atoms with Gasteiger partial charge in [0.05, 0.1) is 22.6 Å². The molecule has 4 rings (SSSR count). The van der Waals surface area contributed by atoms with Crippen LogP contribution in [0.1, 0.15) is 43.0 Å². The highest BCUT2D eigenvalue weighted by molar-refractivity contribution is 5.94. The summed E-state index contributed by atoms with van der Waals surface area (Å²) < 4.78 is 28.5. The SMILES string of the molecule is CC(C)CN(C(=O)c1ccc(F)cc1)C(C)c1nc2ccccc2c(=O)n1-c1ccc(F)cc1. The molecule has 174 valence electrons. The molecule has 0 radical (unpaired) electrons. The van der Waals surface area contributed by atoms with Crippen LogP contribution in [0.15, 0.2) is 77.6 Å².